The molecule has 0 aromatic carbocycles. The van der Waals surface area contributed by atoms with Crippen LogP contribution in [0.3, 0.4) is 0 Å². The molecule has 1 rings (SSSR count). The Labute approximate surface area is 167 Å². The van der Waals surface area contributed by atoms with Crippen LogP contribution in [0.5, 0.6) is 0 Å². The molecule has 1 fully saturated rings. The van der Waals surface area contributed by atoms with Crippen LogP contribution in [0.4, 0.5) is 0 Å². The monoisotopic (exact) mass is 406 g/mol. The molecule has 7 heteroatoms. The van der Waals surface area contributed by atoms with Gasteiger partial charge in [-0.25, -0.2) is 0 Å². The van der Waals surface area contributed by atoms with Gasteiger partial charge in [0.15, 0.2) is 6.29 Å². The molecular weight excluding hydrogens is 364 g/mol. The van der Waals surface area contributed by atoms with Gasteiger partial charge in [-0.15, -0.1) is 0 Å². The molecule has 6 nitrogen and oxygen atoms in total. The maximum absolute atomic E-state index is 6.46. The average molecular weight is 407 g/mol. The van der Waals surface area contributed by atoms with E-state index < -0.39 is 20.8 Å². The summed E-state index contributed by atoms with van der Waals surface area (Å²) in [5, 5.41) is 0. The Morgan fingerprint density at radius 1 is 0.889 bits per heavy atom. The van der Waals surface area contributed by atoms with Gasteiger partial charge >= 0.3 is 8.56 Å². The number of rotatable bonds is 15. The molecule has 162 valence electrons. The first-order chi connectivity index (χ1) is 13.0. The van der Waals surface area contributed by atoms with Gasteiger partial charge in [0.2, 0.25) is 0 Å². The zero-order valence-electron chi connectivity index (χ0n) is 18.4. The van der Waals surface area contributed by atoms with Crippen molar-refractivity contribution < 1.29 is 27.8 Å². The summed E-state index contributed by atoms with van der Waals surface area (Å²) >= 11 is 0. The Kier molecular flexibility index (Phi) is 12.3. The van der Waals surface area contributed by atoms with E-state index in [0.717, 1.165) is 31.7 Å². The van der Waals surface area contributed by atoms with Gasteiger partial charge in [0.05, 0.1) is 13.2 Å². The molecule has 0 radical (unpaired) electrons. The topological polar surface area (TPSA) is 55.4 Å². The average Bonchev–Trinajstić information content (AvgIpc) is 2.72. The molecule has 0 saturated carbocycles. The van der Waals surface area contributed by atoms with E-state index in [9.17, 15) is 0 Å². The van der Waals surface area contributed by atoms with Crippen LogP contribution in [-0.2, 0) is 27.8 Å². The van der Waals surface area contributed by atoms with Crippen LogP contribution < -0.4 is 0 Å². The first-order valence-electron chi connectivity index (χ1n) is 10.9. The Hall–Kier alpha value is -0.0231. The molecule has 2 unspecified atom stereocenters. The van der Waals surface area contributed by atoms with Crippen molar-refractivity contribution in [2.75, 3.05) is 26.4 Å². The lowest BCUT2D eigenvalue weighted by Crippen LogP contribution is -2.56. The molecular formula is C20H42O6Si. The van der Waals surface area contributed by atoms with Crippen LogP contribution in [-0.4, -0.2) is 53.0 Å². The van der Waals surface area contributed by atoms with Crippen molar-refractivity contribution >= 4 is 8.56 Å². The molecule has 0 spiro atoms. The standard InChI is InChI=1S/C20H42O6Si/c1-7-14-23-27(12-6,24-15-8-2)19(10-4)25-18(9-3)26-20(11-5)21-16-13-17-22-20/h18-19H,7-17H2,1-6H3. The third-order valence-electron chi connectivity index (χ3n) is 4.78. The predicted octanol–water partition coefficient (Wildman–Crippen LogP) is 4.89. The molecule has 1 aliphatic heterocycles. The van der Waals surface area contributed by atoms with E-state index in [1.54, 1.807) is 0 Å². The fourth-order valence-electron chi connectivity index (χ4n) is 3.22. The summed E-state index contributed by atoms with van der Waals surface area (Å²) in [6.07, 6.45) is 4.57. The lowest BCUT2D eigenvalue weighted by molar-refractivity contribution is -0.436. The Morgan fingerprint density at radius 2 is 1.48 bits per heavy atom. The highest BCUT2D eigenvalue weighted by molar-refractivity contribution is 6.68. The summed E-state index contributed by atoms with van der Waals surface area (Å²) < 4.78 is 37.0. The summed E-state index contributed by atoms with van der Waals surface area (Å²) in [7, 11) is -2.50. The number of ether oxygens (including phenoxy) is 4. The molecule has 1 saturated heterocycles. The largest absolute Gasteiger partial charge is 0.393 e. The molecule has 2 atom stereocenters. The van der Waals surface area contributed by atoms with Crippen molar-refractivity contribution in [1.82, 2.24) is 0 Å². The van der Waals surface area contributed by atoms with E-state index in [0.29, 0.717) is 39.3 Å². The number of hydrogen-bond acceptors (Lipinski definition) is 6. The maximum atomic E-state index is 6.46. The minimum Gasteiger partial charge on any atom is -0.393 e. The highest BCUT2D eigenvalue weighted by Gasteiger charge is 2.47. The van der Waals surface area contributed by atoms with Crippen LogP contribution in [0.2, 0.25) is 6.04 Å². The summed E-state index contributed by atoms with van der Waals surface area (Å²) in [5.74, 6) is -0.998. The van der Waals surface area contributed by atoms with E-state index in [4.69, 9.17) is 27.8 Å². The molecule has 1 heterocycles. The molecule has 1 aliphatic rings. The van der Waals surface area contributed by atoms with Crippen LogP contribution in [0.25, 0.3) is 0 Å². The second kappa shape index (κ2) is 13.2. The second-order valence-corrected chi connectivity index (χ2v) is 10.5. The van der Waals surface area contributed by atoms with Gasteiger partial charge in [0.25, 0.3) is 5.97 Å². The first kappa shape index (κ1) is 25.0. The van der Waals surface area contributed by atoms with E-state index in [1.165, 1.54) is 0 Å². The summed E-state index contributed by atoms with van der Waals surface area (Å²) in [6.45, 7) is 15.3. The van der Waals surface area contributed by atoms with Crippen molar-refractivity contribution in [3.05, 3.63) is 0 Å². The minimum absolute atomic E-state index is 0.0944. The summed E-state index contributed by atoms with van der Waals surface area (Å²) in [5.41, 5.74) is -0.0944. The van der Waals surface area contributed by atoms with Crippen molar-refractivity contribution in [3.8, 4) is 0 Å². The van der Waals surface area contributed by atoms with Crippen LogP contribution in [0.1, 0.15) is 80.1 Å². The van der Waals surface area contributed by atoms with E-state index in [2.05, 4.69) is 34.6 Å². The van der Waals surface area contributed by atoms with Crippen molar-refractivity contribution in [2.24, 2.45) is 0 Å². The molecule has 0 amide bonds. The Balaban J connectivity index is 2.90. The van der Waals surface area contributed by atoms with E-state index >= 15 is 0 Å². The van der Waals surface area contributed by atoms with Gasteiger partial charge in [-0.3, -0.25) is 4.74 Å². The SMILES string of the molecule is CCCO[Si](CC)(OCCC)C(CC)OC(CC)OC1(CC)OCCCO1. The summed E-state index contributed by atoms with van der Waals surface area (Å²) in [4.78, 5) is 0. The van der Waals surface area contributed by atoms with Crippen LogP contribution >= 0.6 is 0 Å². The molecule has 27 heavy (non-hydrogen) atoms. The smallest absolute Gasteiger partial charge is 0.367 e. The third-order valence-corrected chi connectivity index (χ3v) is 8.68. The van der Waals surface area contributed by atoms with Crippen LogP contribution in [0.15, 0.2) is 0 Å². The maximum Gasteiger partial charge on any atom is 0.367 e. The molecule has 0 bridgehead atoms. The quantitative estimate of drug-likeness (QED) is 0.285. The van der Waals surface area contributed by atoms with Gasteiger partial charge in [-0.05, 0) is 38.1 Å². The van der Waals surface area contributed by atoms with Crippen LogP contribution in [0, 0.1) is 0 Å². The van der Waals surface area contributed by atoms with Gasteiger partial charge in [0, 0.05) is 19.6 Å². The van der Waals surface area contributed by atoms with E-state index in [-0.39, 0.29) is 5.73 Å². The fourth-order valence-corrected chi connectivity index (χ4v) is 6.62. The van der Waals surface area contributed by atoms with Gasteiger partial charge in [0.1, 0.15) is 5.73 Å². The fraction of sp³-hybridized carbons (Fsp3) is 1.00. The molecule has 0 N–H and O–H groups in total. The third kappa shape index (κ3) is 7.38. The molecule has 0 aromatic heterocycles. The zero-order chi connectivity index (χ0) is 20.2. The second-order valence-electron chi connectivity index (χ2n) is 6.94. The Bertz CT molecular complexity index is 367. The Morgan fingerprint density at radius 3 is 1.89 bits per heavy atom. The van der Waals surface area contributed by atoms with Crippen molar-refractivity contribution in [1.29, 1.82) is 0 Å². The lowest BCUT2D eigenvalue weighted by atomic mass is 10.3. The van der Waals surface area contributed by atoms with Crippen molar-refractivity contribution in [2.45, 2.75) is 104 Å². The van der Waals surface area contributed by atoms with Gasteiger partial charge in [-0.2, -0.15) is 0 Å². The van der Waals surface area contributed by atoms with E-state index in [1.807, 2.05) is 6.92 Å². The highest BCUT2D eigenvalue weighted by atomic mass is 28.4. The zero-order valence-corrected chi connectivity index (χ0v) is 19.4. The van der Waals surface area contributed by atoms with Gasteiger partial charge in [-0.1, -0.05) is 41.5 Å². The summed E-state index contributed by atoms with van der Waals surface area (Å²) in [6, 6.07) is 0.855. The predicted molar refractivity (Wildman–Crippen MR) is 109 cm³/mol. The lowest BCUT2D eigenvalue weighted by Gasteiger charge is -2.41. The number of hydrogen-bond donors (Lipinski definition) is 0. The molecule has 0 aliphatic carbocycles. The van der Waals surface area contributed by atoms with Gasteiger partial charge < -0.3 is 23.1 Å². The highest BCUT2D eigenvalue weighted by Crippen LogP contribution is 2.30. The minimum atomic E-state index is -2.50. The normalized spacial score (nSPS) is 19.8. The molecule has 0 aromatic rings. The van der Waals surface area contributed by atoms with Crippen molar-refractivity contribution in [3.63, 3.8) is 0 Å². The first-order valence-corrected chi connectivity index (χ1v) is 13.0.